The molecule has 4 nitrogen and oxygen atoms in total. The molecule has 0 fully saturated rings. The Morgan fingerprint density at radius 3 is 2.82 bits per heavy atom. The highest BCUT2D eigenvalue weighted by molar-refractivity contribution is 6.36. The number of hydrogen-bond acceptors (Lipinski definition) is 4. The Morgan fingerprint density at radius 2 is 2.12 bits per heavy atom. The molecule has 1 heterocycles. The Labute approximate surface area is 109 Å². The van der Waals surface area contributed by atoms with E-state index in [1.165, 1.54) is 0 Å². The molecule has 0 radical (unpaired) electrons. The van der Waals surface area contributed by atoms with Crippen LogP contribution in [0.4, 0.5) is 5.82 Å². The smallest absolute Gasteiger partial charge is 0.224 e. The summed E-state index contributed by atoms with van der Waals surface area (Å²) in [5.41, 5.74) is 0.671. The number of benzene rings is 1. The predicted octanol–water partition coefficient (Wildman–Crippen LogP) is 2.73. The lowest BCUT2D eigenvalue weighted by molar-refractivity contribution is 0.281. The van der Waals surface area contributed by atoms with Crippen molar-refractivity contribution in [1.82, 2.24) is 9.97 Å². The van der Waals surface area contributed by atoms with Gasteiger partial charge in [-0.3, -0.25) is 0 Å². The summed E-state index contributed by atoms with van der Waals surface area (Å²) in [6, 6.07) is 5.23. The van der Waals surface area contributed by atoms with Crippen molar-refractivity contribution in [3.8, 4) is 0 Å². The largest absolute Gasteiger partial charge is 0.394 e. The third-order valence-corrected chi connectivity index (χ3v) is 2.79. The van der Waals surface area contributed by atoms with Gasteiger partial charge < -0.3 is 10.4 Å². The van der Waals surface area contributed by atoms with Crippen LogP contribution in [-0.4, -0.2) is 27.7 Å². The molecule has 0 amide bonds. The van der Waals surface area contributed by atoms with E-state index < -0.39 is 0 Å². The van der Waals surface area contributed by atoms with Gasteiger partial charge in [-0.05, 0) is 30.7 Å². The first-order valence-electron chi connectivity index (χ1n) is 5.11. The number of nitrogens with zero attached hydrogens (tertiary/aromatic N) is 2. The number of anilines is 1. The Morgan fingerprint density at radius 1 is 1.35 bits per heavy atom. The molecule has 1 aromatic carbocycles. The van der Waals surface area contributed by atoms with Crippen molar-refractivity contribution < 1.29 is 5.11 Å². The minimum absolute atomic E-state index is 0.00638. The zero-order chi connectivity index (χ0) is 12.4. The van der Waals surface area contributed by atoms with E-state index in [0.29, 0.717) is 21.7 Å². The van der Waals surface area contributed by atoms with Crippen LogP contribution >= 0.6 is 23.2 Å². The number of aliphatic hydroxyl groups excluding tert-OH is 1. The fourth-order valence-electron chi connectivity index (χ4n) is 1.50. The van der Waals surface area contributed by atoms with Crippen LogP contribution in [0.2, 0.25) is 10.3 Å². The van der Waals surface area contributed by atoms with Gasteiger partial charge in [0.1, 0.15) is 5.82 Å². The molecule has 2 rings (SSSR count). The van der Waals surface area contributed by atoms with Gasteiger partial charge in [-0.15, -0.1) is 0 Å². The van der Waals surface area contributed by atoms with E-state index in [4.69, 9.17) is 28.3 Å². The van der Waals surface area contributed by atoms with Crippen LogP contribution in [-0.2, 0) is 0 Å². The highest BCUT2D eigenvalue weighted by Gasteiger charge is 2.11. The maximum Gasteiger partial charge on any atom is 0.224 e. The van der Waals surface area contributed by atoms with Gasteiger partial charge in [-0.25, -0.2) is 9.97 Å². The van der Waals surface area contributed by atoms with Crippen LogP contribution in [0.15, 0.2) is 18.2 Å². The quantitative estimate of drug-likeness (QED) is 0.843. The second-order valence-corrected chi connectivity index (χ2v) is 4.45. The Hall–Kier alpha value is -1.10. The Bertz CT molecular complexity index is 547. The molecule has 17 heavy (non-hydrogen) atoms. The van der Waals surface area contributed by atoms with Gasteiger partial charge >= 0.3 is 0 Å². The van der Waals surface area contributed by atoms with Crippen molar-refractivity contribution in [2.45, 2.75) is 13.0 Å². The first-order valence-corrected chi connectivity index (χ1v) is 5.86. The zero-order valence-electron chi connectivity index (χ0n) is 9.11. The van der Waals surface area contributed by atoms with Crippen LogP contribution < -0.4 is 5.32 Å². The first kappa shape index (κ1) is 12.4. The van der Waals surface area contributed by atoms with E-state index >= 15 is 0 Å². The molecule has 1 atom stereocenters. The van der Waals surface area contributed by atoms with Gasteiger partial charge in [0.2, 0.25) is 5.28 Å². The van der Waals surface area contributed by atoms with Crippen molar-refractivity contribution in [3.63, 3.8) is 0 Å². The molecule has 0 aliphatic carbocycles. The topological polar surface area (TPSA) is 58.0 Å². The van der Waals surface area contributed by atoms with E-state index in [1.54, 1.807) is 12.1 Å². The molecule has 0 unspecified atom stereocenters. The van der Waals surface area contributed by atoms with E-state index in [0.717, 1.165) is 0 Å². The van der Waals surface area contributed by atoms with E-state index in [-0.39, 0.29) is 17.9 Å². The first-order chi connectivity index (χ1) is 8.11. The van der Waals surface area contributed by atoms with Crippen molar-refractivity contribution in [3.05, 3.63) is 28.5 Å². The fourth-order valence-corrected chi connectivity index (χ4v) is 1.93. The molecule has 0 spiro atoms. The number of hydrogen-bond donors (Lipinski definition) is 2. The summed E-state index contributed by atoms with van der Waals surface area (Å²) < 4.78 is 0. The minimum atomic E-state index is -0.138. The second kappa shape index (κ2) is 5.04. The summed E-state index contributed by atoms with van der Waals surface area (Å²) in [5, 5.41) is 13.5. The van der Waals surface area contributed by atoms with Crippen molar-refractivity contribution in [2.75, 3.05) is 11.9 Å². The van der Waals surface area contributed by atoms with E-state index in [2.05, 4.69) is 15.3 Å². The number of rotatable bonds is 3. The van der Waals surface area contributed by atoms with Crippen molar-refractivity contribution in [1.29, 1.82) is 0 Å². The summed E-state index contributed by atoms with van der Waals surface area (Å²) in [6.45, 7) is 1.83. The van der Waals surface area contributed by atoms with Crippen LogP contribution in [0.25, 0.3) is 10.9 Å². The summed E-state index contributed by atoms with van der Waals surface area (Å²) in [6.07, 6.45) is 0. The van der Waals surface area contributed by atoms with E-state index in [9.17, 15) is 0 Å². The highest BCUT2D eigenvalue weighted by Crippen LogP contribution is 2.29. The normalized spacial score (nSPS) is 12.7. The molecule has 2 N–H and O–H groups in total. The predicted molar refractivity (Wildman–Crippen MR) is 69.7 cm³/mol. The Balaban J connectivity index is 2.60. The maximum absolute atomic E-state index is 9.03. The van der Waals surface area contributed by atoms with Gasteiger partial charge in [0.05, 0.1) is 22.5 Å². The van der Waals surface area contributed by atoms with Crippen LogP contribution in [0.3, 0.4) is 0 Å². The van der Waals surface area contributed by atoms with Gasteiger partial charge in [0, 0.05) is 6.04 Å². The van der Waals surface area contributed by atoms with Gasteiger partial charge in [-0.2, -0.15) is 0 Å². The third kappa shape index (κ3) is 2.60. The molecule has 1 aromatic heterocycles. The standard InChI is InChI=1S/C11H11Cl2N3O/c1-6(5-17)14-10-9-7(12)3-2-4-8(9)15-11(13)16-10/h2-4,6,17H,5H2,1H3,(H,14,15,16)/t6-/m0/s1. The molecule has 0 aliphatic rings. The molecule has 0 aliphatic heterocycles. The molecule has 90 valence electrons. The second-order valence-electron chi connectivity index (χ2n) is 3.70. The van der Waals surface area contributed by atoms with Crippen LogP contribution in [0.1, 0.15) is 6.92 Å². The summed E-state index contributed by atoms with van der Waals surface area (Å²) in [5.74, 6) is 0.534. The van der Waals surface area contributed by atoms with Crippen LogP contribution in [0, 0.1) is 0 Å². The molecular weight excluding hydrogens is 261 g/mol. The molecule has 0 saturated carbocycles. The Kier molecular flexibility index (Phi) is 3.66. The number of nitrogens with one attached hydrogen (secondary N) is 1. The van der Waals surface area contributed by atoms with Crippen LogP contribution in [0.5, 0.6) is 0 Å². The maximum atomic E-state index is 9.03. The molecule has 0 bridgehead atoms. The third-order valence-electron chi connectivity index (χ3n) is 2.30. The minimum Gasteiger partial charge on any atom is -0.394 e. The fraction of sp³-hybridized carbons (Fsp3) is 0.273. The molecular formula is C11H11Cl2N3O. The van der Waals surface area contributed by atoms with Gasteiger partial charge in [0.25, 0.3) is 0 Å². The molecule has 2 aromatic rings. The summed E-state index contributed by atoms with van der Waals surface area (Å²) >= 11 is 12.0. The number of halogens is 2. The average molecular weight is 272 g/mol. The monoisotopic (exact) mass is 271 g/mol. The SMILES string of the molecule is C[C@@H](CO)Nc1nc(Cl)nc2cccc(Cl)c12. The summed E-state index contributed by atoms with van der Waals surface area (Å²) in [4.78, 5) is 8.20. The molecule has 0 saturated heterocycles. The summed E-state index contributed by atoms with van der Waals surface area (Å²) in [7, 11) is 0. The number of aliphatic hydroxyl groups is 1. The van der Waals surface area contributed by atoms with Gasteiger partial charge in [-0.1, -0.05) is 17.7 Å². The van der Waals surface area contributed by atoms with Crippen molar-refractivity contribution >= 4 is 39.9 Å². The number of fused-ring (bicyclic) bond motifs is 1. The average Bonchev–Trinajstić information content (AvgIpc) is 2.28. The zero-order valence-corrected chi connectivity index (χ0v) is 10.6. The molecule has 6 heteroatoms. The lowest BCUT2D eigenvalue weighted by atomic mass is 10.2. The van der Waals surface area contributed by atoms with Gasteiger partial charge in [0.15, 0.2) is 0 Å². The lowest BCUT2D eigenvalue weighted by Gasteiger charge is -2.14. The highest BCUT2D eigenvalue weighted by atomic mass is 35.5. The lowest BCUT2D eigenvalue weighted by Crippen LogP contribution is -2.20. The number of aromatic nitrogens is 2. The van der Waals surface area contributed by atoms with E-state index in [1.807, 2.05) is 13.0 Å². The van der Waals surface area contributed by atoms with Crippen molar-refractivity contribution in [2.24, 2.45) is 0 Å².